The number of hydrogen-bond donors (Lipinski definition) is 3. The predicted molar refractivity (Wildman–Crippen MR) is 33.7 cm³/mol. The lowest BCUT2D eigenvalue weighted by atomic mass is 10.2. The molecule has 0 aromatic carbocycles. The summed E-state index contributed by atoms with van der Waals surface area (Å²) in [6.45, 7) is -0.560. The largest absolute Gasteiger partial charge is 0.508 e. The SMILES string of the molecule is O=C1C=C(O)[C@@H]([C@@H](O)CO)O1. The van der Waals surface area contributed by atoms with E-state index in [1.165, 1.54) is 0 Å². The highest BCUT2D eigenvalue weighted by atomic mass is 16.6. The molecule has 0 unspecified atom stereocenters. The zero-order chi connectivity index (χ0) is 8.43. The summed E-state index contributed by atoms with van der Waals surface area (Å²) in [6, 6.07) is 0. The molecule has 0 radical (unpaired) electrons. The molecule has 0 saturated carbocycles. The quantitative estimate of drug-likeness (QED) is 0.437. The molecule has 0 spiro atoms. The van der Waals surface area contributed by atoms with Gasteiger partial charge in [0.25, 0.3) is 0 Å². The molecule has 3 N–H and O–H groups in total. The van der Waals surface area contributed by atoms with Crippen LogP contribution in [0, 0.1) is 0 Å². The van der Waals surface area contributed by atoms with Crippen molar-refractivity contribution < 1.29 is 24.9 Å². The van der Waals surface area contributed by atoms with Crippen molar-refractivity contribution in [1.82, 2.24) is 0 Å². The van der Waals surface area contributed by atoms with Crippen LogP contribution in [0.5, 0.6) is 0 Å². The van der Waals surface area contributed by atoms with Gasteiger partial charge in [-0.05, 0) is 0 Å². The normalized spacial score (nSPS) is 26.2. The summed E-state index contributed by atoms with van der Waals surface area (Å²) in [7, 11) is 0. The topological polar surface area (TPSA) is 87.0 Å². The highest BCUT2D eigenvalue weighted by molar-refractivity contribution is 5.85. The van der Waals surface area contributed by atoms with Gasteiger partial charge < -0.3 is 20.1 Å². The number of hydrogen-bond acceptors (Lipinski definition) is 5. The highest BCUT2D eigenvalue weighted by Gasteiger charge is 2.31. The van der Waals surface area contributed by atoms with E-state index in [-0.39, 0.29) is 5.76 Å². The fourth-order valence-electron chi connectivity index (χ4n) is 0.794. The lowest BCUT2D eigenvalue weighted by Crippen LogP contribution is -2.31. The number of rotatable bonds is 2. The molecule has 5 nitrogen and oxygen atoms in total. The average Bonchev–Trinajstić information content (AvgIpc) is 2.28. The molecule has 1 aliphatic rings. The maximum Gasteiger partial charge on any atom is 0.335 e. The van der Waals surface area contributed by atoms with Gasteiger partial charge in [-0.25, -0.2) is 4.79 Å². The van der Waals surface area contributed by atoms with E-state index in [0.717, 1.165) is 6.08 Å². The maximum atomic E-state index is 10.4. The molecule has 0 aliphatic carbocycles. The van der Waals surface area contributed by atoms with Crippen LogP contribution in [0.25, 0.3) is 0 Å². The molecular formula is C6H8O5. The van der Waals surface area contributed by atoms with Crippen molar-refractivity contribution in [3.05, 3.63) is 11.8 Å². The third kappa shape index (κ3) is 1.50. The summed E-state index contributed by atoms with van der Waals surface area (Å²) in [5.41, 5.74) is 0. The second-order valence-corrected chi connectivity index (χ2v) is 2.18. The van der Waals surface area contributed by atoms with E-state index in [1.54, 1.807) is 0 Å². The Morgan fingerprint density at radius 1 is 1.73 bits per heavy atom. The number of carbonyl (C=O) groups excluding carboxylic acids is 1. The van der Waals surface area contributed by atoms with Crippen molar-refractivity contribution in [2.75, 3.05) is 6.61 Å². The number of ether oxygens (including phenoxy) is 1. The van der Waals surface area contributed by atoms with E-state index in [4.69, 9.17) is 15.3 Å². The van der Waals surface area contributed by atoms with Gasteiger partial charge in [0.1, 0.15) is 11.9 Å². The van der Waals surface area contributed by atoms with Gasteiger partial charge in [-0.15, -0.1) is 0 Å². The molecule has 1 aliphatic heterocycles. The summed E-state index contributed by atoms with van der Waals surface area (Å²) in [4.78, 5) is 10.4. The standard InChI is InChI=1S/C6H8O5/c7-2-4(9)6-3(8)1-5(10)11-6/h1,4,6-9H,2H2/t4-,6-/m0/s1. The van der Waals surface area contributed by atoms with Crippen molar-refractivity contribution in [3.63, 3.8) is 0 Å². The summed E-state index contributed by atoms with van der Waals surface area (Å²) in [6.07, 6.45) is -1.49. The van der Waals surface area contributed by atoms with Crippen molar-refractivity contribution in [1.29, 1.82) is 0 Å². The number of carbonyl (C=O) groups is 1. The Kier molecular flexibility index (Phi) is 2.11. The smallest absolute Gasteiger partial charge is 0.335 e. The van der Waals surface area contributed by atoms with Crippen LogP contribution in [0.15, 0.2) is 11.8 Å². The first-order valence-corrected chi connectivity index (χ1v) is 3.05. The van der Waals surface area contributed by atoms with Gasteiger partial charge in [0.05, 0.1) is 12.7 Å². The Balaban J connectivity index is 2.63. The Morgan fingerprint density at radius 3 is 2.73 bits per heavy atom. The Hall–Kier alpha value is -1.07. The van der Waals surface area contributed by atoms with Crippen LogP contribution < -0.4 is 0 Å². The molecule has 1 heterocycles. The molecule has 0 aromatic heterocycles. The maximum absolute atomic E-state index is 10.4. The first-order valence-electron chi connectivity index (χ1n) is 3.05. The van der Waals surface area contributed by atoms with Gasteiger partial charge in [-0.1, -0.05) is 0 Å². The fraction of sp³-hybridized carbons (Fsp3) is 0.500. The number of cyclic esters (lactones) is 1. The van der Waals surface area contributed by atoms with E-state index < -0.39 is 24.8 Å². The van der Waals surface area contributed by atoms with Crippen LogP contribution in [0.2, 0.25) is 0 Å². The predicted octanol–water partition coefficient (Wildman–Crippen LogP) is -1.29. The molecule has 0 fully saturated rings. The Labute approximate surface area is 62.5 Å². The number of aliphatic hydroxyl groups excluding tert-OH is 3. The Bertz CT molecular complexity index is 197. The van der Waals surface area contributed by atoms with Crippen LogP contribution in [-0.2, 0) is 9.53 Å². The first-order chi connectivity index (χ1) is 5.15. The molecule has 0 bridgehead atoms. The molecule has 2 atom stereocenters. The number of esters is 1. The molecule has 0 aromatic rings. The first kappa shape index (κ1) is 8.03. The van der Waals surface area contributed by atoms with Crippen LogP contribution in [0.3, 0.4) is 0 Å². The molecule has 62 valence electrons. The third-order valence-electron chi connectivity index (χ3n) is 1.34. The van der Waals surface area contributed by atoms with Crippen LogP contribution in [0.1, 0.15) is 0 Å². The van der Waals surface area contributed by atoms with E-state index in [0.29, 0.717) is 0 Å². The van der Waals surface area contributed by atoms with Gasteiger partial charge in [0, 0.05) is 0 Å². The molecule has 1 rings (SSSR count). The Morgan fingerprint density at radius 2 is 2.36 bits per heavy atom. The summed E-state index contributed by atoms with van der Waals surface area (Å²) in [5.74, 6) is -1.06. The van der Waals surface area contributed by atoms with Gasteiger partial charge in [-0.2, -0.15) is 0 Å². The second kappa shape index (κ2) is 2.89. The molecule has 0 amide bonds. The molecule has 0 saturated heterocycles. The van der Waals surface area contributed by atoms with Gasteiger partial charge >= 0.3 is 5.97 Å². The molecule has 5 heteroatoms. The summed E-state index contributed by atoms with van der Waals surface area (Å²) < 4.78 is 4.43. The lowest BCUT2D eigenvalue weighted by molar-refractivity contribution is -0.145. The average molecular weight is 160 g/mol. The van der Waals surface area contributed by atoms with Gasteiger partial charge in [-0.3, -0.25) is 0 Å². The molecular weight excluding hydrogens is 152 g/mol. The van der Waals surface area contributed by atoms with Crippen molar-refractivity contribution in [2.24, 2.45) is 0 Å². The lowest BCUT2D eigenvalue weighted by Gasteiger charge is -2.14. The summed E-state index contributed by atoms with van der Waals surface area (Å²) in [5, 5.41) is 26.2. The third-order valence-corrected chi connectivity index (χ3v) is 1.34. The minimum absolute atomic E-state index is 0.350. The zero-order valence-electron chi connectivity index (χ0n) is 5.60. The molecule has 11 heavy (non-hydrogen) atoms. The van der Waals surface area contributed by atoms with E-state index in [1.807, 2.05) is 0 Å². The number of aliphatic hydroxyl groups is 3. The van der Waals surface area contributed by atoms with Gasteiger partial charge in [0.2, 0.25) is 0 Å². The van der Waals surface area contributed by atoms with Crippen molar-refractivity contribution >= 4 is 5.97 Å². The van der Waals surface area contributed by atoms with Crippen molar-refractivity contribution in [2.45, 2.75) is 12.2 Å². The minimum atomic E-state index is -1.25. The zero-order valence-corrected chi connectivity index (χ0v) is 5.60. The summed E-state index contributed by atoms with van der Waals surface area (Å²) >= 11 is 0. The highest BCUT2D eigenvalue weighted by Crippen LogP contribution is 2.15. The van der Waals surface area contributed by atoms with Gasteiger partial charge in [0.15, 0.2) is 6.10 Å². The van der Waals surface area contributed by atoms with Crippen LogP contribution in [0.4, 0.5) is 0 Å². The van der Waals surface area contributed by atoms with Crippen LogP contribution in [-0.4, -0.2) is 40.1 Å². The minimum Gasteiger partial charge on any atom is -0.508 e. The fourth-order valence-corrected chi connectivity index (χ4v) is 0.794. The second-order valence-electron chi connectivity index (χ2n) is 2.18. The monoisotopic (exact) mass is 160 g/mol. The van der Waals surface area contributed by atoms with E-state index in [9.17, 15) is 4.79 Å². The van der Waals surface area contributed by atoms with E-state index in [2.05, 4.69) is 4.74 Å². The van der Waals surface area contributed by atoms with E-state index >= 15 is 0 Å². The van der Waals surface area contributed by atoms with Crippen molar-refractivity contribution in [3.8, 4) is 0 Å². The van der Waals surface area contributed by atoms with Crippen LogP contribution >= 0.6 is 0 Å².